The number of hydrogen-bond acceptors (Lipinski definition) is 8. The Labute approximate surface area is 202 Å². The highest BCUT2D eigenvalue weighted by atomic mass is 19.4. The maximum Gasteiger partial charge on any atom is 0.497 e. The fourth-order valence-electron chi connectivity index (χ4n) is 4.00. The lowest BCUT2D eigenvalue weighted by Crippen LogP contribution is -2.62. The lowest BCUT2D eigenvalue weighted by molar-refractivity contribution is -1.06. The number of hydroxylamine groups is 3. The van der Waals surface area contributed by atoms with Crippen molar-refractivity contribution in [3.63, 3.8) is 0 Å². The predicted molar refractivity (Wildman–Crippen MR) is 114 cm³/mol. The Bertz CT molecular complexity index is 1280. The van der Waals surface area contributed by atoms with Crippen LogP contribution in [0.3, 0.4) is 0 Å². The molecule has 1 fully saturated rings. The summed E-state index contributed by atoms with van der Waals surface area (Å²) in [6.07, 6.45) is -2.75. The third-order valence-electron chi connectivity index (χ3n) is 5.89. The molecular formula is C23H21F3N3O7+. The van der Waals surface area contributed by atoms with E-state index in [4.69, 9.17) is 14.3 Å². The average molecular weight is 508 g/mol. The number of aromatic nitrogens is 1. The van der Waals surface area contributed by atoms with Gasteiger partial charge in [0, 0.05) is 51.7 Å². The van der Waals surface area contributed by atoms with Crippen molar-refractivity contribution >= 4 is 29.6 Å². The first-order valence-electron chi connectivity index (χ1n) is 10.6. The summed E-state index contributed by atoms with van der Waals surface area (Å²) in [5.41, 5.74) is -1.76. The number of cyclic esters (lactones) is 1. The number of pyridine rings is 1. The first-order valence-corrected chi connectivity index (χ1v) is 10.6. The minimum absolute atomic E-state index is 0.00132. The normalized spacial score (nSPS) is 22.5. The fraction of sp³-hybridized carbons (Fsp3) is 0.348. The molecule has 0 aliphatic carbocycles. The van der Waals surface area contributed by atoms with Crippen LogP contribution in [0.5, 0.6) is 5.75 Å². The summed E-state index contributed by atoms with van der Waals surface area (Å²) in [5.74, 6) is -5.61. The third-order valence-corrected chi connectivity index (χ3v) is 5.89. The topological polar surface area (TPSA) is 112 Å². The van der Waals surface area contributed by atoms with Crippen molar-refractivity contribution < 1.29 is 51.3 Å². The summed E-state index contributed by atoms with van der Waals surface area (Å²) in [4.78, 5) is 60.8. The van der Waals surface area contributed by atoms with Crippen LogP contribution in [-0.2, 0) is 25.7 Å². The number of halogens is 3. The second-order valence-electron chi connectivity index (χ2n) is 9.18. The number of nitrogens with zero attached hydrogens (tertiary/aromatic N) is 3. The van der Waals surface area contributed by atoms with Gasteiger partial charge >= 0.3 is 30.1 Å². The summed E-state index contributed by atoms with van der Waals surface area (Å²) in [7, 11) is 0. The van der Waals surface area contributed by atoms with E-state index in [1.165, 1.54) is 70.4 Å². The van der Waals surface area contributed by atoms with E-state index in [0.717, 1.165) is 0 Å². The molecule has 0 radical (unpaired) electrons. The first-order chi connectivity index (χ1) is 16.6. The van der Waals surface area contributed by atoms with Crippen LogP contribution in [0.15, 0.2) is 42.7 Å². The number of quaternary nitrogens is 1. The van der Waals surface area contributed by atoms with Crippen LogP contribution in [0, 0.1) is 0 Å². The molecule has 3 amide bonds. The van der Waals surface area contributed by atoms with Crippen molar-refractivity contribution in [3.8, 4) is 5.75 Å². The van der Waals surface area contributed by atoms with E-state index in [1.54, 1.807) is 0 Å². The minimum Gasteiger partial charge on any atom is -0.452 e. The number of fused-ring (bicyclic) bond motifs is 1. The van der Waals surface area contributed by atoms with Crippen LogP contribution in [0.1, 0.15) is 43.6 Å². The van der Waals surface area contributed by atoms with Crippen molar-refractivity contribution in [2.75, 3.05) is 4.90 Å². The number of imide groups is 1. The van der Waals surface area contributed by atoms with Gasteiger partial charge in [0.1, 0.15) is 11.3 Å². The van der Waals surface area contributed by atoms with Crippen molar-refractivity contribution in [2.45, 2.75) is 51.7 Å². The maximum atomic E-state index is 13.8. The molecule has 10 nitrogen and oxygen atoms in total. The largest absolute Gasteiger partial charge is 0.497 e. The molecule has 36 heavy (non-hydrogen) atoms. The number of esters is 1. The van der Waals surface area contributed by atoms with Crippen LogP contribution in [0.4, 0.5) is 23.7 Å². The number of rotatable bonds is 4. The molecule has 0 N–H and O–H groups in total. The van der Waals surface area contributed by atoms with Gasteiger partial charge in [-0.2, -0.15) is 18.1 Å². The van der Waals surface area contributed by atoms with Crippen molar-refractivity contribution in [2.24, 2.45) is 0 Å². The van der Waals surface area contributed by atoms with Crippen LogP contribution in [0.25, 0.3) is 0 Å². The molecule has 0 spiro atoms. The van der Waals surface area contributed by atoms with Gasteiger partial charge in [0.05, 0.1) is 5.69 Å². The monoisotopic (exact) mass is 508 g/mol. The number of carbonyl (C=O) groups excluding carboxylic acids is 4. The van der Waals surface area contributed by atoms with Gasteiger partial charge in [-0.05, 0) is 28.9 Å². The Kier molecular flexibility index (Phi) is 5.59. The molecule has 4 rings (SSSR count). The Hall–Kier alpha value is -4.00. The van der Waals surface area contributed by atoms with E-state index in [0.29, 0.717) is 4.90 Å². The zero-order valence-electron chi connectivity index (χ0n) is 19.6. The number of anilines is 1. The summed E-state index contributed by atoms with van der Waals surface area (Å²) in [5, 5.41) is 0. The molecule has 190 valence electrons. The highest BCUT2D eigenvalue weighted by Gasteiger charge is 2.72. The fourth-order valence-corrected chi connectivity index (χ4v) is 4.00. The van der Waals surface area contributed by atoms with Gasteiger partial charge in [-0.3, -0.25) is 14.6 Å². The van der Waals surface area contributed by atoms with Crippen LogP contribution < -0.4 is 9.64 Å². The minimum atomic E-state index is -5.43. The molecule has 0 saturated carbocycles. The Morgan fingerprint density at radius 3 is 2.31 bits per heavy atom. The summed E-state index contributed by atoms with van der Waals surface area (Å²) in [6, 6.07) is 5.31. The van der Waals surface area contributed by atoms with Gasteiger partial charge in [0.25, 0.3) is 0 Å². The third kappa shape index (κ3) is 3.94. The molecule has 0 bridgehead atoms. The van der Waals surface area contributed by atoms with Gasteiger partial charge in [0.15, 0.2) is 6.54 Å². The molecule has 1 atom stereocenters. The lowest BCUT2D eigenvalue weighted by atomic mass is 10.0. The zero-order valence-corrected chi connectivity index (χ0v) is 19.6. The smallest absolute Gasteiger partial charge is 0.452 e. The molecule has 1 saturated heterocycles. The Morgan fingerprint density at radius 1 is 1.06 bits per heavy atom. The van der Waals surface area contributed by atoms with Gasteiger partial charge < -0.3 is 9.47 Å². The second-order valence-corrected chi connectivity index (χ2v) is 9.18. The predicted octanol–water partition coefficient (Wildman–Crippen LogP) is 3.65. The van der Waals surface area contributed by atoms with Gasteiger partial charge in [-0.1, -0.05) is 0 Å². The highest BCUT2D eigenvalue weighted by molar-refractivity contribution is 6.19. The van der Waals surface area contributed by atoms with Crippen LogP contribution in [0.2, 0.25) is 0 Å². The zero-order chi connectivity index (χ0) is 26.7. The standard InChI is InChI=1S/C23H21F3N3O7/c1-21(2)18(31)28(14-5-6-15-16(11-14)34-22(3,4)35-17(15)30)20(33)29(21,36-19(32)23(24,25)26)12-13-7-9-27-10-8-13/h5-11H,12H2,1-4H3/q+1. The molecule has 1 aromatic heterocycles. The van der Waals surface area contributed by atoms with E-state index in [-0.39, 0.29) is 22.6 Å². The molecule has 13 heteroatoms. The SMILES string of the molecule is CC1(C)OC(=O)c2ccc(N3C(=O)C(C)(C)[N+](Cc4ccncc4)(OC(=O)C(F)(F)F)C3=O)cc2O1. The van der Waals surface area contributed by atoms with E-state index in [2.05, 4.69) is 4.98 Å². The lowest BCUT2D eigenvalue weighted by Gasteiger charge is -2.35. The average Bonchev–Trinajstić information content (AvgIpc) is 2.90. The molecular weight excluding hydrogens is 487 g/mol. The van der Waals surface area contributed by atoms with E-state index in [9.17, 15) is 32.3 Å². The number of ether oxygens (including phenoxy) is 2. The van der Waals surface area contributed by atoms with Crippen molar-refractivity contribution in [3.05, 3.63) is 53.9 Å². The number of amides is 3. The number of benzene rings is 1. The quantitative estimate of drug-likeness (QED) is 0.350. The van der Waals surface area contributed by atoms with Gasteiger partial charge in [0.2, 0.25) is 11.3 Å². The molecule has 2 aliphatic rings. The van der Waals surface area contributed by atoms with Gasteiger partial charge in [-0.15, -0.1) is 0 Å². The molecule has 1 unspecified atom stereocenters. The summed E-state index contributed by atoms with van der Waals surface area (Å²) >= 11 is 0. The Balaban J connectivity index is 1.84. The molecule has 3 heterocycles. The van der Waals surface area contributed by atoms with Crippen LogP contribution in [-0.4, -0.2) is 51.0 Å². The number of alkyl halides is 3. The summed E-state index contributed by atoms with van der Waals surface area (Å²) in [6.45, 7) is 4.77. The number of hydrogen-bond donors (Lipinski definition) is 0. The molecule has 2 aliphatic heterocycles. The van der Waals surface area contributed by atoms with E-state index < -0.39 is 52.6 Å². The molecule has 1 aromatic carbocycles. The van der Waals surface area contributed by atoms with Crippen molar-refractivity contribution in [1.29, 1.82) is 0 Å². The number of urea groups is 1. The Morgan fingerprint density at radius 2 is 1.69 bits per heavy atom. The summed E-state index contributed by atoms with van der Waals surface area (Å²) < 4.78 is 48.9. The number of carbonyl (C=O) groups is 4. The maximum absolute atomic E-state index is 13.8. The molecule has 2 aromatic rings. The van der Waals surface area contributed by atoms with E-state index in [1.807, 2.05) is 0 Å². The first kappa shape index (κ1) is 25.1. The van der Waals surface area contributed by atoms with Crippen molar-refractivity contribution in [1.82, 2.24) is 4.98 Å². The highest BCUT2D eigenvalue weighted by Crippen LogP contribution is 2.44. The van der Waals surface area contributed by atoms with Gasteiger partial charge in [-0.25, -0.2) is 14.4 Å². The van der Waals surface area contributed by atoms with Crippen LogP contribution >= 0.6 is 0 Å². The second kappa shape index (κ2) is 8.01. The van der Waals surface area contributed by atoms with E-state index >= 15 is 0 Å².